The fraction of sp³-hybridized carbons (Fsp3) is 0.667. The van der Waals surface area contributed by atoms with Gasteiger partial charge in [0.2, 0.25) is 0 Å². The van der Waals surface area contributed by atoms with E-state index in [4.69, 9.17) is 21.7 Å². The number of carboxylic acid groups (broad SMARTS) is 2. The zero-order valence-electron chi connectivity index (χ0n) is 8.80. The number of hydrogen-bond acceptors (Lipinski definition) is 6. The molecule has 0 saturated heterocycles. The summed E-state index contributed by atoms with van der Waals surface area (Å²) in [7, 11) is 0. The normalized spacial score (nSPS) is 11.1. The van der Waals surface area contributed by atoms with Crippen LogP contribution in [-0.4, -0.2) is 45.7 Å². The maximum atomic E-state index is 9.76. The van der Waals surface area contributed by atoms with Gasteiger partial charge >= 0.3 is 33.0 Å². The molecule has 2 unspecified atom stereocenters. The van der Waals surface area contributed by atoms with Crippen LogP contribution < -0.4 is 11.5 Å². The quantitative estimate of drug-likeness (QED) is 0.316. The first-order valence-corrected chi connectivity index (χ1v) is 4.81. The van der Waals surface area contributed by atoms with Crippen molar-refractivity contribution in [3.05, 3.63) is 12.3 Å². The van der Waals surface area contributed by atoms with Gasteiger partial charge in [-0.15, -0.1) is 0 Å². The van der Waals surface area contributed by atoms with Crippen molar-refractivity contribution in [2.24, 2.45) is 11.5 Å². The van der Waals surface area contributed by atoms with E-state index in [9.17, 15) is 9.59 Å². The molecule has 0 spiro atoms. The van der Waals surface area contributed by atoms with E-state index in [0.717, 1.165) is 0 Å². The minimum Gasteiger partial charge on any atom is -0.693 e. The Morgan fingerprint density at radius 3 is 1.12 bits per heavy atom. The van der Waals surface area contributed by atoms with Crippen LogP contribution in [0.15, 0.2) is 0 Å². The summed E-state index contributed by atoms with van der Waals surface area (Å²) in [5, 5.41) is 16.0. The number of carboxylic acids is 2. The van der Waals surface area contributed by atoms with Crippen molar-refractivity contribution >= 4 is 37.2 Å². The summed E-state index contributed by atoms with van der Waals surface area (Å²) >= 11 is 7.30. The van der Waals surface area contributed by atoms with E-state index in [1.165, 1.54) is 0 Å². The molecule has 0 radical (unpaired) electrons. The second kappa shape index (κ2) is 18.5. The molecule has 17 heavy (non-hydrogen) atoms. The average molecular weight is 469 g/mol. The van der Waals surface area contributed by atoms with Gasteiger partial charge in [0, 0.05) is 11.5 Å². The average Bonchev–Trinajstić information content (AvgIpc) is 2.15. The first kappa shape index (κ1) is 30.3. The molecule has 2 atom stereocenters. The van der Waals surface area contributed by atoms with Gasteiger partial charge in [0.05, 0.1) is 0 Å². The second-order valence-electron chi connectivity index (χ2n) is 2.25. The van der Waals surface area contributed by atoms with Gasteiger partial charge in [0.25, 0.3) is 0 Å². The third kappa shape index (κ3) is 21.9. The number of nitrogens with two attached hydrogens (primary N) is 4. The predicted octanol–water partition coefficient (Wildman–Crippen LogP) is 0.0879. The van der Waals surface area contributed by atoms with Crippen LogP contribution in [0.3, 0.4) is 0 Å². The summed E-state index contributed by atoms with van der Waals surface area (Å²) in [6.45, 7) is 0. The molecule has 8 nitrogen and oxygen atoms in total. The maximum absolute atomic E-state index is 9.76. The van der Waals surface area contributed by atoms with Crippen LogP contribution in [0.25, 0.3) is 12.3 Å². The van der Waals surface area contributed by atoms with Crippen LogP contribution >= 0.6 is 25.3 Å². The third-order valence-corrected chi connectivity index (χ3v) is 1.81. The molecule has 11 heteroatoms. The molecule has 0 aliphatic heterocycles. The number of thiol groups is 2. The van der Waals surface area contributed by atoms with Gasteiger partial charge in [-0.25, -0.2) is 0 Å². The van der Waals surface area contributed by atoms with Crippen LogP contribution in [0.2, 0.25) is 0 Å². The molecule has 0 aliphatic carbocycles. The van der Waals surface area contributed by atoms with Gasteiger partial charge in [0.1, 0.15) is 12.1 Å². The molecule has 0 bridgehead atoms. The molecule has 0 aromatic heterocycles. The molecule has 108 valence electrons. The second-order valence-corrected chi connectivity index (χ2v) is 2.98. The van der Waals surface area contributed by atoms with Gasteiger partial charge in [-0.2, -0.15) is 25.3 Å². The van der Waals surface area contributed by atoms with Crippen LogP contribution in [-0.2, 0) is 30.7 Å². The Bertz CT molecular complexity index is 181. The van der Waals surface area contributed by atoms with Gasteiger partial charge in [-0.05, 0) is 0 Å². The summed E-state index contributed by atoms with van der Waals surface area (Å²) in [6.07, 6.45) is 0. The molecule has 0 aromatic rings. The molecule has 0 fully saturated rings. The smallest absolute Gasteiger partial charge is 0.693 e. The van der Waals surface area contributed by atoms with E-state index in [0.29, 0.717) is 0 Å². The molecule has 0 heterocycles. The first-order valence-electron chi connectivity index (χ1n) is 3.55. The number of hydrogen-bond donors (Lipinski definition) is 6. The number of rotatable bonds is 4. The van der Waals surface area contributed by atoms with E-state index in [2.05, 4.69) is 25.3 Å². The Hall–Kier alpha value is 0.168. The van der Waals surface area contributed by atoms with Gasteiger partial charge in [0.15, 0.2) is 0 Å². The summed E-state index contributed by atoms with van der Waals surface area (Å²) in [4.78, 5) is 19.5. The molecule has 0 aliphatic rings. The largest absolute Gasteiger partial charge is 2.00 e. The fourth-order valence-corrected chi connectivity index (χ4v) is 0.469. The van der Waals surface area contributed by atoms with Crippen molar-refractivity contribution in [3.8, 4) is 0 Å². The summed E-state index contributed by atoms with van der Waals surface area (Å²) < 4.78 is 0. The standard InChI is InChI=1S/2C3H7NO2S.2H2N.Pt/c2*4-2(1-7)3(5)6;;;/h2*2,7H,1,4H2,(H,5,6);2*1H2;/q;;2*-1;+2. The van der Waals surface area contributed by atoms with E-state index >= 15 is 0 Å². The van der Waals surface area contributed by atoms with Gasteiger partial charge in [-0.3, -0.25) is 9.59 Å². The predicted molar refractivity (Wildman–Crippen MR) is 69.5 cm³/mol. The number of aliphatic carboxylic acids is 2. The molecule has 10 N–H and O–H groups in total. The first-order chi connectivity index (χ1) is 6.36. The van der Waals surface area contributed by atoms with Crippen molar-refractivity contribution in [3.63, 3.8) is 0 Å². The Labute approximate surface area is 125 Å². The summed E-state index contributed by atoms with van der Waals surface area (Å²) in [5.74, 6) is -1.63. The van der Waals surface area contributed by atoms with E-state index in [1.807, 2.05) is 0 Å². The molecule has 0 rings (SSSR count). The third-order valence-electron chi connectivity index (χ3n) is 1.03. The van der Waals surface area contributed by atoms with Crippen molar-refractivity contribution in [2.45, 2.75) is 12.1 Å². The van der Waals surface area contributed by atoms with Crippen LogP contribution in [0, 0.1) is 0 Å². The SMILES string of the molecule is NC(CS)C(=O)O.NC(CS)C(=O)O.[NH2-].[NH2-].[Pt+2]. The summed E-state index contributed by atoms with van der Waals surface area (Å²) in [5.41, 5.74) is 9.88. The van der Waals surface area contributed by atoms with Crippen molar-refractivity contribution < 1.29 is 40.9 Å². The minimum absolute atomic E-state index is 0. The Morgan fingerprint density at radius 2 is 1.12 bits per heavy atom. The van der Waals surface area contributed by atoms with E-state index in [-0.39, 0.29) is 44.9 Å². The van der Waals surface area contributed by atoms with E-state index in [1.54, 1.807) is 0 Å². The number of carbonyl (C=O) groups is 2. The van der Waals surface area contributed by atoms with Crippen LogP contribution in [0.4, 0.5) is 0 Å². The van der Waals surface area contributed by atoms with Crippen molar-refractivity contribution in [1.82, 2.24) is 0 Å². The maximum Gasteiger partial charge on any atom is 2.00 e. The summed E-state index contributed by atoms with van der Waals surface area (Å²) in [6, 6.07) is -1.63. The van der Waals surface area contributed by atoms with Crippen LogP contribution in [0.1, 0.15) is 0 Å². The zero-order valence-corrected chi connectivity index (χ0v) is 12.9. The van der Waals surface area contributed by atoms with Gasteiger partial charge in [-0.1, -0.05) is 0 Å². The minimum atomic E-state index is -1.00. The Balaban J connectivity index is -0.0000000480. The van der Waals surface area contributed by atoms with Crippen molar-refractivity contribution in [2.75, 3.05) is 11.5 Å². The van der Waals surface area contributed by atoms with Crippen LogP contribution in [0.5, 0.6) is 0 Å². The molecule has 0 amide bonds. The Kier molecular flexibility index (Phi) is 33.0. The van der Waals surface area contributed by atoms with E-state index < -0.39 is 24.0 Å². The van der Waals surface area contributed by atoms with Crippen molar-refractivity contribution in [1.29, 1.82) is 0 Å². The Morgan fingerprint density at radius 1 is 0.941 bits per heavy atom. The monoisotopic (exact) mass is 469 g/mol. The molecule has 0 aromatic carbocycles. The van der Waals surface area contributed by atoms with Gasteiger partial charge < -0.3 is 34.0 Å². The molecule has 0 saturated carbocycles. The fourth-order valence-electron chi connectivity index (χ4n) is 0.156. The molecular weight excluding hydrogens is 451 g/mol. The zero-order chi connectivity index (χ0) is 11.7. The molecular formula is C6H18N4O4PtS2. The topological polar surface area (TPSA) is 194 Å².